The van der Waals surface area contributed by atoms with Crippen molar-refractivity contribution in [2.24, 2.45) is 0 Å². The number of hydrogen-bond donors (Lipinski definition) is 3. The second-order valence-corrected chi connectivity index (χ2v) is 4.58. The Kier molecular flexibility index (Phi) is 5.95. The molecule has 0 atom stereocenters. The van der Waals surface area contributed by atoms with Crippen molar-refractivity contribution in [2.45, 2.75) is 6.92 Å². The van der Waals surface area contributed by atoms with Gasteiger partial charge in [0.1, 0.15) is 5.56 Å². The molecule has 0 saturated heterocycles. The fourth-order valence-corrected chi connectivity index (χ4v) is 1.82. The molecule has 0 fully saturated rings. The summed E-state index contributed by atoms with van der Waals surface area (Å²) in [5.74, 6) is -0.366. The first-order valence-electron chi connectivity index (χ1n) is 7.23. The topological polar surface area (TPSA) is 110 Å². The lowest BCUT2D eigenvalue weighted by Gasteiger charge is -2.11. The molecule has 0 unspecified atom stereocenters. The largest absolute Gasteiger partial charge is 0.490 e. The van der Waals surface area contributed by atoms with E-state index in [-0.39, 0.29) is 12.2 Å². The smallest absolute Gasteiger partial charge is 0.276 e. The Morgan fingerprint density at radius 2 is 1.75 bits per heavy atom. The highest BCUT2D eigenvalue weighted by Gasteiger charge is 2.11. The molecule has 0 radical (unpaired) electrons. The van der Waals surface area contributed by atoms with Crippen LogP contribution in [0, 0.1) is 0 Å². The molecular weight excluding hydrogens is 314 g/mol. The van der Waals surface area contributed by atoms with E-state index in [9.17, 15) is 14.4 Å². The number of rotatable bonds is 6. The molecule has 2 amide bonds. The van der Waals surface area contributed by atoms with Gasteiger partial charge in [0.2, 0.25) is 0 Å². The Hall–Kier alpha value is -3.29. The summed E-state index contributed by atoms with van der Waals surface area (Å²) in [5.41, 5.74) is 3.66. The van der Waals surface area contributed by atoms with E-state index in [0.29, 0.717) is 18.1 Å². The first kappa shape index (κ1) is 17.1. The van der Waals surface area contributed by atoms with Crippen LogP contribution in [0.3, 0.4) is 0 Å². The van der Waals surface area contributed by atoms with Crippen molar-refractivity contribution in [3.8, 4) is 11.5 Å². The quantitative estimate of drug-likeness (QED) is 0.672. The number of H-pyrrole nitrogens is 1. The second-order valence-electron chi connectivity index (χ2n) is 4.58. The SMILES string of the molecule is CCOc1ccccc1OCC(=O)NNC(=O)c1ccc[nH]c1=O. The van der Waals surface area contributed by atoms with Gasteiger partial charge in [0, 0.05) is 6.20 Å². The number of nitrogens with one attached hydrogen (secondary N) is 3. The van der Waals surface area contributed by atoms with Crippen LogP contribution >= 0.6 is 0 Å². The summed E-state index contributed by atoms with van der Waals surface area (Å²) in [4.78, 5) is 37.3. The molecule has 2 rings (SSSR count). The number of amides is 2. The van der Waals surface area contributed by atoms with E-state index in [1.165, 1.54) is 18.3 Å². The van der Waals surface area contributed by atoms with Crippen LogP contribution in [0.5, 0.6) is 11.5 Å². The minimum atomic E-state index is -0.722. The van der Waals surface area contributed by atoms with Crippen LogP contribution in [-0.4, -0.2) is 30.0 Å². The van der Waals surface area contributed by atoms with Crippen molar-refractivity contribution in [3.63, 3.8) is 0 Å². The zero-order valence-electron chi connectivity index (χ0n) is 13.0. The lowest BCUT2D eigenvalue weighted by molar-refractivity contribution is -0.123. The van der Waals surface area contributed by atoms with Crippen LogP contribution in [0.2, 0.25) is 0 Å². The number of aromatic nitrogens is 1. The first-order chi connectivity index (χ1) is 11.6. The number of ether oxygens (including phenoxy) is 2. The minimum Gasteiger partial charge on any atom is -0.490 e. The van der Waals surface area contributed by atoms with Crippen LogP contribution in [0.25, 0.3) is 0 Å². The van der Waals surface area contributed by atoms with Gasteiger partial charge in [0.25, 0.3) is 17.4 Å². The first-order valence-corrected chi connectivity index (χ1v) is 7.23. The van der Waals surface area contributed by atoms with Crippen LogP contribution in [0.1, 0.15) is 17.3 Å². The van der Waals surface area contributed by atoms with Gasteiger partial charge in [0.05, 0.1) is 6.61 Å². The number of benzene rings is 1. The van der Waals surface area contributed by atoms with Crippen LogP contribution in [0.15, 0.2) is 47.4 Å². The van der Waals surface area contributed by atoms with Crippen molar-refractivity contribution in [1.29, 1.82) is 0 Å². The number of pyridine rings is 1. The van der Waals surface area contributed by atoms with Gasteiger partial charge < -0.3 is 14.5 Å². The Morgan fingerprint density at radius 3 is 2.42 bits per heavy atom. The average Bonchev–Trinajstić information content (AvgIpc) is 2.59. The van der Waals surface area contributed by atoms with Gasteiger partial charge in [-0.2, -0.15) is 0 Å². The Bertz CT molecular complexity index is 772. The van der Waals surface area contributed by atoms with Crippen LogP contribution < -0.4 is 25.9 Å². The van der Waals surface area contributed by atoms with Gasteiger partial charge >= 0.3 is 0 Å². The van der Waals surface area contributed by atoms with E-state index in [2.05, 4.69) is 15.8 Å². The second kappa shape index (κ2) is 8.37. The fraction of sp³-hybridized carbons (Fsp3) is 0.188. The summed E-state index contributed by atoms with van der Waals surface area (Å²) >= 11 is 0. The molecule has 8 heteroatoms. The number of carbonyl (C=O) groups is 2. The zero-order chi connectivity index (χ0) is 17.4. The molecule has 24 heavy (non-hydrogen) atoms. The number of carbonyl (C=O) groups excluding carboxylic acids is 2. The van der Waals surface area contributed by atoms with Gasteiger partial charge in [-0.15, -0.1) is 0 Å². The molecular formula is C16H17N3O5. The van der Waals surface area contributed by atoms with E-state index in [1.54, 1.807) is 24.3 Å². The monoisotopic (exact) mass is 331 g/mol. The lowest BCUT2D eigenvalue weighted by atomic mass is 10.3. The summed E-state index contributed by atoms with van der Waals surface area (Å²) in [7, 11) is 0. The fourth-order valence-electron chi connectivity index (χ4n) is 1.82. The maximum atomic E-state index is 11.8. The van der Waals surface area contributed by atoms with E-state index >= 15 is 0 Å². The van der Waals surface area contributed by atoms with Crippen molar-refractivity contribution < 1.29 is 19.1 Å². The van der Waals surface area contributed by atoms with Gasteiger partial charge in [-0.25, -0.2) is 0 Å². The highest BCUT2D eigenvalue weighted by molar-refractivity contribution is 5.95. The standard InChI is InChI=1S/C16H17N3O5/c1-2-23-12-7-3-4-8-13(12)24-10-14(20)18-19-16(22)11-6-5-9-17-15(11)21/h3-9H,2,10H2,1H3,(H,17,21)(H,18,20)(H,19,22). The molecule has 3 N–H and O–H groups in total. The highest BCUT2D eigenvalue weighted by Crippen LogP contribution is 2.26. The van der Waals surface area contributed by atoms with E-state index < -0.39 is 17.4 Å². The molecule has 0 aliphatic heterocycles. The zero-order valence-corrected chi connectivity index (χ0v) is 13.0. The van der Waals surface area contributed by atoms with Gasteiger partial charge in [-0.3, -0.25) is 25.2 Å². The Morgan fingerprint density at radius 1 is 1.04 bits per heavy atom. The molecule has 0 aliphatic rings. The Labute approximate surface area is 137 Å². The van der Waals surface area contributed by atoms with Crippen molar-refractivity contribution in [3.05, 3.63) is 58.5 Å². The predicted octanol–water partition coefficient (Wildman–Crippen LogP) is 0.614. The van der Waals surface area contributed by atoms with E-state index in [1.807, 2.05) is 6.92 Å². The molecule has 1 aromatic heterocycles. The highest BCUT2D eigenvalue weighted by atomic mass is 16.5. The van der Waals surface area contributed by atoms with Crippen molar-refractivity contribution in [2.75, 3.05) is 13.2 Å². The Balaban J connectivity index is 1.85. The van der Waals surface area contributed by atoms with Crippen molar-refractivity contribution in [1.82, 2.24) is 15.8 Å². The van der Waals surface area contributed by atoms with Gasteiger partial charge in [0.15, 0.2) is 18.1 Å². The summed E-state index contributed by atoms with van der Waals surface area (Å²) in [6.07, 6.45) is 1.40. The molecule has 2 aromatic rings. The van der Waals surface area contributed by atoms with Gasteiger partial charge in [-0.1, -0.05) is 12.1 Å². The van der Waals surface area contributed by atoms with E-state index in [4.69, 9.17) is 9.47 Å². The number of para-hydroxylation sites is 2. The van der Waals surface area contributed by atoms with Gasteiger partial charge in [-0.05, 0) is 31.2 Å². The molecule has 0 spiro atoms. The molecule has 126 valence electrons. The minimum absolute atomic E-state index is 0.111. The maximum Gasteiger partial charge on any atom is 0.276 e. The maximum absolute atomic E-state index is 11.8. The lowest BCUT2D eigenvalue weighted by Crippen LogP contribution is -2.45. The van der Waals surface area contributed by atoms with Crippen LogP contribution in [-0.2, 0) is 4.79 Å². The van der Waals surface area contributed by atoms with E-state index in [0.717, 1.165) is 0 Å². The third-order valence-electron chi connectivity index (χ3n) is 2.89. The number of hydrogen-bond acceptors (Lipinski definition) is 5. The number of hydrazine groups is 1. The molecule has 8 nitrogen and oxygen atoms in total. The predicted molar refractivity (Wildman–Crippen MR) is 85.8 cm³/mol. The normalized spacial score (nSPS) is 9.88. The average molecular weight is 331 g/mol. The summed E-state index contributed by atoms with van der Waals surface area (Å²) in [6.45, 7) is 1.98. The molecule has 0 aliphatic carbocycles. The molecule has 0 bridgehead atoms. The summed E-state index contributed by atoms with van der Waals surface area (Å²) in [6, 6.07) is 9.77. The number of aromatic amines is 1. The third kappa shape index (κ3) is 4.60. The summed E-state index contributed by atoms with van der Waals surface area (Å²) < 4.78 is 10.7. The van der Waals surface area contributed by atoms with Crippen LogP contribution in [0.4, 0.5) is 0 Å². The van der Waals surface area contributed by atoms with Crippen molar-refractivity contribution >= 4 is 11.8 Å². The molecule has 0 saturated carbocycles. The summed E-state index contributed by atoms with van der Waals surface area (Å²) in [5, 5.41) is 0. The molecule has 1 heterocycles. The third-order valence-corrected chi connectivity index (χ3v) is 2.89. The molecule has 1 aromatic carbocycles.